The summed E-state index contributed by atoms with van der Waals surface area (Å²) in [4.78, 5) is 27.1. The quantitative estimate of drug-likeness (QED) is 0.886. The van der Waals surface area contributed by atoms with Crippen LogP contribution in [-0.2, 0) is 0 Å². The van der Waals surface area contributed by atoms with E-state index in [1.165, 1.54) is 12.1 Å². The van der Waals surface area contributed by atoms with Crippen LogP contribution >= 0.6 is 11.6 Å². The summed E-state index contributed by atoms with van der Waals surface area (Å²) in [5, 5.41) is 0.0580. The van der Waals surface area contributed by atoms with Gasteiger partial charge in [-0.1, -0.05) is 37.6 Å². The zero-order chi connectivity index (χ0) is 15.7. The minimum Gasteiger partial charge on any atom is -0.297 e. The van der Waals surface area contributed by atoms with Crippen molar-refractivity contribution in [3.63, 3.8) is 0 Å². The van der Waals surface area contributed by atoms with E-state index in [4.69, 9.17) is 11.6 Å². The maximum Gasteiger partial charge on any atom is 0.330 e. The van der Waals surface area contributed by atoms with Crippen molar-refractivity contribution in [1.29, 1.82) is 0 Å². The van der Waals surface area contributed by atoms with Gasteiger partial charge in [0.1, 0.15) is 11.0 Å². The van der Waals surface area contributed by atoms with E-state index in [-0.39, 0.29) is 11.1 Å². The van der Waals surface area contributed by atoms with Crippen LogP contribution in [-0.4, -0.2) is 9.55 Å². The van der Waals surface area contributed by atoms with Gasteiger partial charge in [0, 0.05) is 0 Å². The summed E-state index contributed by atoms with van der Waals surface area (Å²) in [6.45, 7) is 5.31. The third kappa shape index (κ3) is 2.93. The van der Waals surface area contributed by atoms with Crippen LogP contribution < -0.4 is 11.2 Å². The predicted molar refractivity (Wildman–Crippen MR) is 80.6 cm³/mol. The van der Waals surface area contributed by atoms with Crippen LogP contribution in [0.2, 0.25) is 5.15 Å². The van der Waals surface area contributed by atoms with Gasteiger partial charge in [-0.05, 0) is 30.5 Å². The zero-order valence-electron chi connectivity index (χ0n) is 12.0. The van der Waals surface area contributed by atoms with Crippen molar-refractivity contribution in [1.82, 2.24) is 9.55 Å². The van der Waals surface area contributed by atoms with E-state index in [0.29, 0.717) is 11.1 Å². The summed E-state index contributed by atoms with van der Waals surface area (Å²) in [5.41, 5.74) is -0.166. The molecule has 0 aliphatic rings. The molecule has 0 aliphatic heterocycles. The summed E-state index contributed by atoms with van der Waals surface area (Å²) in [5.74, 6) is -0.547. The van der Waals surface area contributed by atoms with Crippen LogP contribution in [0.1, 0.15) is 43.9 Å². The second kappa shape index (κ2) is 5.85. The maximum absolute atomic E-state index is 13.3. The number of H-pyrrole nitrogens is 1. The number of nitrogens with one attached hydrogen (secondary N) is 1. The van der Waals surface area contributed by atoms with Gasteiger partial charge in [0.25, 0.3) is 5.56 Å². The molecular formula is C15H16ClFN2O2. The second-order valence-electron chi connectivity index (χ2n) is 5.22. The van der Waals surface area contributed by atoms with Crippen molar-refractivity contribution in [2.45, 2.75) is 32.7 Å². The van der Waals surface area contributed by atoms with E-state index < -0.39 is 23.1 Å². The zero-order valence-corrected chi connectivity index (χ0v) is 12.7. The largest absolute Gasteiger partial charge is 0.330 e. The lowest BCUT2D eigenvalue weighted by Crippen LogP contribution is -2.40. The van der Waals surface area contributed by atoms with Crippen molar-refractivity contribution in [2.75, 3.05) is 0 Å². The van der Waals surface area contributed by atoms with Crippen LogP contribution in [0.15, 0.2) is 33.9 Å². The Bertz CT molecular complexity index is 780. The summed E-state index contributed by atoms with van der Waals surface area (Å²) < 4.78 is 14.4. The highest BCUT2D eigenvalue weighted by atomic mass is 35.5. The lowest BCUT2D eigenvalue weighted by atomic mass is 10.1. The molecule has 0 spiro atoms. The molecule has 1 unspecified atom stereocenters. The fourth-order valence-corrected chi connectivity index (χ4v) is 2.68. The molecule has 0 bridgehead atoms. The number of benzene rings is 1. The second-order valence-corrected chi connectivity index (χ2v) is 5.60. The third-order valence-corrected chi connectivity index (χ3v) is 3.71. The Morgan fingerprint density at radius 3 is 2.48 bits per heavy atom. The molecule has 0 fully saturated rings. The Morgan fingerprint density at radius 1 is 1.24 bits per heavy atom. The summed E-state index contributed by atoms with van der Waals surface area (Å²) in [6.07, 6.45) is 0. The van der Waals surface area contributed by atoms with Crippen LogP contribution in [0, 0.1) is 5.82 Å². The summed E-state index contributed by atoms with van der Waals surface area (Å²) in [6, 6.07) is 5.24. The van der Waals surface area contributed by atoms with E-state index >= 15 is 0 Å². The molecule has 1 aromatic heterocycles. The number of hydrogen-bond acceptors (Lipinski definition) is 2. The average molecular weight is 311 g/mol. The van der Waals surface area contributed by atoms with Gasteiger partial charge in [-0.15, -0.1) is 0 Å². The third-order valence-electron chi connectivity index (χ3n) is 3.42. The molecule has 1 N–H and O–H groups in total. The molecule has 2 aromatic rings. The fraction of sp³-hybridized carbons (Fsp3) is 0.333. The number of rotatable bonds is 3. The van der Waals surface area contributed by atoms with Gasteiger partial charge in [-0.2, -0.15) is 0 Å². The standard InChI is InChI=1S/C15H16ClFN2O2/c1-8(2)12-13(16)18-15(21)19(14(12)20)9(3)10-5-4-6-11(17)7-10/h4-9H,1-3H3,(H,18,21). The van der Waals surface area contributed by atoms with Gasteiger partial charge in [-0.3, -0.25) is 14.3 Å². The predicted octanol–water partition coefficient (Wildman–Crippen LogP) is 3.06. The first-order valence-corrected chi connectivity index (χ1v) is 7.00. The van der Waals surface area contributed by atoms with Gasteiger partial charge < -0.3 is 0 Å². The Labute approximate surface area is 126 Å². The number of aromatic amines is 1. The van der Waals surface area contributed by atoms with Gasteiger partial charge in [0.2, 0.25) is 0 Å². The van der Waals surface area contributed by atoms with Crippen LogP contribution in [0.4, 0.5) is 4.39 Å². The Morgan fingerprint density at radius 2 is 1.90 bits per heavy atom. The van der Waals surface area contributed by atoms with Crippen molar-refractivity contribution < 1.29 is 4.39 Å². The molecule has 0 saturated heterocycles. The van der Waals surface area contributed by atoms with Crippen molar-refractivity contribution in [2.24, 2.45) is 0 Å². The highest BCUT2D eigenvalue weighted by Crippen LogP contribution is 2.20. The van der Waals surface area contributed by atoms with Crippen molar-refractivity contribution in [3.05, 3.63) is 67.2 Å². The number of nitrogens with zero attached hydrogens (tertiary/aromatic N) is 1. The Hall–Kier alpha value is -1.88. The van der Waals surface area contributed by atoms with E-state index in [1.54, 1.807) is 19.1 Å². The minimum absolute atomic E-state index is 0.0580. The SMILES string of the molecule is CC(C)c1c(Cl)[nH]c(=O)n(C(C)c2cccc(F)c2)c1=O. The van der Waals surface area contributed by atoms with Crippen LogP contribution in [0.5, 0.6) is 0 Å². The molecule has 1 heterocycles. The monoisotopic (exact) mass is 310 g/mol. The first kappa shape index (κ1) is 15.5. The maximum atomic E-state index is 13.3. The molecule has 1 atom stereocenters. The normalized spacial score (nSPS) is 12.7. The number of aromatic nitrogens is 2. The Balaban J connectivity index is 2.67. The van der Waals surface area contributed by atoms with Crippen molar-refractivity contribution >= 4 is 11.6 Å². The summed E-state index contributed by atoms with van der Waals surface area (Å²) >= 11 is 5.95. The molecule has 2 rings (SSSR count). The fourth-order valence-electron chi connectivity index (χ4n) is 2.31. The molecule has 21 heavy (non-hydrogen) atoms. The molecule has 4 nitrogen and oxygen atoms in total. The molecule has 6 heteroatoms. The topological polar surface area (TPSA) is 54.9 Å². The molecule has 0 aliphatic carbocycles. The molecule has 112 valence electrons. The van der Waals surface area contributed by atoms with E-state index in [2.05, 4.69) is 4.98 Å². The first-order valence-electron chi connectivity index (χ1n) is 6.62. The van der Waals surface area contributed by atoms with Gasteiger partial charge in [-0.25, -0.2) is 9.18 Å². The van der Waals surface area contributed by atoms with Gasteiger partial charge >= 0.3 is 5.69 Å². The lowest BCUT2D eigenvalue weighted by molar-refractivity contribution is 0.558. The van der Waals surface area contributed by atoms with E-state index in [0.717, 1.165) is 4.57 Å². The highest BCUT2D eigenvalue weighted by Gasteiger charge is 2.20. The van der Waals surface area contributed by atoms with Gasteiger partial charge in [0.05, 0.1) is 11.6 Å². The number of halogens is 2. The minimum atomic E-state index is -0.605. The first-order chi connectivity index (χ1) is 9.82. The van der Waals surface area contributed by atoms with E-state index in [1.807, 2.05) is 13.8 Å². The summed E-state index contributed by atoms with van der Waals surface area (Å²) in [7, 11) is 0. The van der Waals surface area contributed by atoms with E-state index in [9.17, 15) is 14.0 Å². The molecule has 0 saturated carbocycles. The number of hydrogen-bond donors (Lipinski definition) is 1. The molecule has 0 radical (unpaired) electrons. The van der Waals surface area contributed by atoms with Gasteiger partial charge in [0.15, 0.2) is 0 Å². The lowest BCUT2D eigenvalue weighted by Gasteiger charge is -2.17. The molecule has 0 amide bonds. The Kier molecular flexibility index (Phi) is 4.32. The van der Waals surface area contributed by atoms with Crippen molar-refractivity contribution in [3.8, 4) is 0 Å². The molecule has 1 aromatic carbocycles. The van der Waals surface area contributed by atoms with Crippen LogP contribution in [0.25, 0.3) is 0 Å². The highest BCUT2D eigenvalue weighted by molar-refractivity contribution is 6.30. The molecular weight excluding hydrogens is 295 g/mol. The average Bonchev–Trinajstić information content (AvgIpc) is 2.37. The van der Waals surface area contributed by atoms with Crippen LogP contribution in [0.3, 0.4) is 0 Å². The smallest absolute Gasteiger partial charge is 0.297 e.